The molecule has 30 heavy (non-hydrogen) atoms. The topological polar surface area (TPSA) is 90.0 Å². The van der Waals surface area contributed by atoms with Gasteiger partial charge in [-0.15, -0.1) is 11.3 Å². The highest BCUT2D eigenvalue weighted by atomic mass is 32.2. The van der Waals surface area contributed by atoms with Crippen molar-refractivity contribution in [2.75, 3.05) is 11.1 Å². The van der Waals surface area contributed by atoms with Gasteiger partial charge in [0.2, 0.25) is 5.91 Å². The molecule has 0 saturated carbocycles. The van der Waals surface area contributed by atoms with Crippen LogP contribution in [0.25, 0.3) is 10.2 Å². The first-order valence-electron chi connectivity index (χ1n) is 10.4. The summed E-state index contributed by atoms with van der Waals surface area (Å²) >= 11 is 2.94. The standard InChI is InChI=1S/C21H26N4O3S2/c1-4-12(2)25-20(27)18-14-8-6-5-7-9-15(14)30-19(18)23-21(25)29-11-17(26)22-16-10-13(3)28-24-16/h10,12H,4-9,11H2,1-3H3,(H,22,24,26). The Morgan fingerprint density at radius 1 is 1.37 bits per heavy atom. The van der Waals surface area contributed by atoms with Crippen molar-refractivity contribution in [1.29, 1.82) is 0 Å². The fraction of sp³-hybridized carbons (Fsp3) is 0.524. The van der Waals surface area contributed by atoms with Gasteiger partial charge < -0.3 is 9.84 Å². The van der Waals surface area contributed by atoms with Crippen LogP contribution in [0.4, 0.5) is 5.82 Å². The molecule has 1 N–H and O–H groups in total. The number of carbonyl (C=O) groups excluding carboxylic acids is 1. The van der Waals surface area contributed by atoms with Gasteiger partial charge in [-0.3, -0.25) is 14.2 Å². The zero-order chi connectivity index (χ0) is 21.3. The SMILES string of the molecule is CCC(C)n1c(SCC(=O)Nc2cc(C)on2)nc2sc3c(c2c1=O)CCCCC3. The van der Waals surface area contributed by atoms with Gasteiger partial charge >= 0.3 is 0 Å². The van der Waals surface area contributed by atoms with Crippen molar-refractivity contribution in [3.8, 4) is 0 Å². The Labute approximate surface area is 183 Å². The van der Waals surface area contributed by atoms with Crippen molar-refractivity contribution in [2.45, 2.75) is 70.5 Å². The number of thiophene rings is 1. The molecule has 0 saturated heterocycles. The Morgan fingerprint density at radius 2 is 2.17 bits per heavy atom. The van der Waals surface area contributed by atoms with Gasteiger partial charge in [0.25, 0.3) is 5.56 Å². The zero-order valence-corrected chi connectivity index (χ0v) is 19.1. The lowest BCUT2D eigenvalue weighted by atomic mass is 10.1. The van der Waals surface area contributed by atoms with E-state index in [2.05, 4.69) is 17.4 Å². The van der Waals surface area contributed by atoms with Crippen molar-refractivity contribution < 1.29 is 9.32 Å². The molecular formula is C21H26N4O3S2. The van der Waals surface area contributed by atoms with Gasteiger partial charge in [-0.05, 0) is 51.5 Å². The van der Waals surface area contributed by atoms with Gasteiger partial charge in [-0.2, -0.15) is 0 Å². The van der Waals surface area contributed by atoms with Crippen molar-refractivity contribution in [1.82, 2.24) is 14.7 Å². The second kappa shape index (κ2) is 8.93. The molecule has 0 radical (unpaired) electrons. The highest BCUT2D eigenvalue weighted by molar-refractivity contribution is 7.99. The molecule has 7 nitrogen and oxygen atoms in total. The van der Waals surface area contributed by atoms with E-state index in [1.165, 1.54) is 35.0 Å². The molecule has 0 bridgehead atoms. The van der Waals surface area contributed by atoms with E-state index in [1.807, 2.05) is 6.92 Å². The number of carbonyl (C=O) groups is 1. The summed E-state index contributed by atoms with van der Waals surface area (Å²) in [5.74, 6) is 0.960. The van der Waals surface area contributed by atoms with E-state index < -0.39 is 0 Å². The van der Waals surface area contributed by atoms with Gasteiger partial charge in [0, 0.05) is 17.0 Å². The largest absolute Gasteiger partial charge is 0.360 e. The molecule has 0 spiro atoms. The van der Waals surface area contributed by atoms with Crippen LogP contribution >= 0.6 is 23.1 Å². The number of aromatic nitrogens is 3. The van der Waals surface area contributed by atoms with Gasteiger partial charge in [-0.1, -0.05) is 30.3 Å². The third kappa shape index (κ3) is 4.18. The lowest BCUT2D eigenvalue weighted by molar-refractivity contribution is -0.113. The maximum atomic E-state index is 13.5. The predicted octanol–water partition coefficient (Wildman–Crippen LogP) is 4.73. The average Bonchev–Trinajstić information content (AvgIpc) is 3.20. The molecule has 0 aliphatic heterocycles. The molecule has 1 atom stereocenters. The average molecular weight is 447 g/mol. The summed E-state index contributed by atoms with van der Waals surface area (Å²) < 4.78 is 6.75. The molecule has 3 heterocycles. The number of hydrogen-bond donors (Lipinski definition) is 1. The first-order valence-corrected chi connectivity index (χ1v) is 12.2. The molecule has 1 aliphatic carbocycles. The zero-order valence-electron chi connectivity index (χ0n) is 17.5. The molecule has 3 aromatic heterocycles. The molecule has 4 rings (SSSR count). The smallest absolute Gasteiger partial charge is 0.263 e. The minimum Gasteiger partial charge on any atom is -0.360 e. The lowest BCUT2D eigenvalue weighted by Crippen LogP contribution is -2.27. The van der Waals surface area contributed by atoms with E-state index in [0.717, 1.165) is 35.9 Å². The van der Waals surface area contributed by atoms with E-state index in [-0.39, 0.29) is 23.3 Å². The first kappa shape index (κ1) is 21.1. The molecule has 3 aromatic rings. The number of amides is 1. The lowest BCUT2D eigenvalue weighted by Gasteiger charge is -2.17. The summed E-state index contributed by atoms with van der Waals surface area (Å²) in [7, 11) is 0. The van der Waals surface area contributed by atoms with Crippen LogP contribution < -0.4 is 10.9 Å². The highest BCUT2D eigenvalue weighted by Crippen LogP contribution is 2.34. The third-order valence-electron chi connectivity index (χ3n) is 5.50. The molecule has 1 amide bonds. The molecule has 160 valence electrons. The normalized spacial score (nSPS) is 15.0. The minimum absolute atomic E-state index is 0.0134. The summed E-state index contributed by atoms with van der Waals surface area (Å²) in [4.78, 5) is 32.9. The van der Waals surface area contributed by atoms with Crippen molar-refractivity contribution in [3.05, 3.63) is 32.6 Å². The van der Waals surface area contributed by atoms with E-state index in [0.29, 0.717) is 16.7 Å². The number of fused-ring (bicyclic) bond motifs is 3. The maximum Gasteiger partial charge on any atom is 0.263 e. The highest BCUT2D eigenvalue weighted by Gasteiger charge is 2.23. The quantitative estimate of drug-likeness (QED) is 0.335. The second-order valence-electron chi connectivity index (χ2n) is 7.73. The summed E-state index contributed by atoms with van der Waals surface area (Å²) in [6.07, 6.45) is 6.31. The van der Waals surface area contributed by atoms with E-state index in [9.17, 15) is 9.59 Å². The van der Waals surface area contributed by atoms with Crippen LogP contribution in [0.2, 0.25) is 0 Å². The fourth-order valence-corrected chi connectivity index (χ4v) is 5.98. The van der Waals surface area contributed by atoms with Crippen LogP contribution in [0.5, 0.6) is 0 Å². The van der Waals surface area contributed by atoms with Gasteiger partial charge in [0.05, 0.1) is 11.1 Å². The Hall–Kier alpha value is -2.13. The van der Waals surface area contributed by atoms with Crippen LogP contribution in [0.3, 0.4) is 0 Å². The van der Waals surface area contributed by atoms with Crippen molar-refractivity contribution in [3.63, 3.8) is 0 Å². The first-order chi connectivity index (χ1) is 14.5. The summed E-state index contributed by atoms with van der Waals surface area (Å²) in [6, 6.07) is 1.68. The fourth-order valence-electron chi connectivity index (χ4n) is 3.78. The third-order valence-corrected chi connectivity index (χ3v) is 7.64. The van der Waals surface area contributed by atoms with Crippen LogP contribution in [0, 0.1) is 6.92 Å². The number of nitrogens with one attached hydrogen (secondary N) is 1. The Kier molecular flexibility index (Phi) is 6.29. The van der Waals surface area contributed by atoms with Crippen LogP contribution in [-0.2, 0) is 17.6 Å². The molecule has 0 fully saturated rings. The number of anilines is 1. The predicted molar refractivity (Wildman–Crippen MR) is 121 cm³/mol. The Balaban J connectivity index is 1.66. The summed E-state index contributed by atoms with van der Waals surface area (Å²) in [6.45, 7) is 5.86. The number of aryl methyl sites for hydroxylation is 3. The summed E-state index contributed by atoms with van der Waals surface area (Å²) in [5.41, 5.74) is 1.24. The molecule has 9 heteroatoms. The molecule has 1 aliphatic rings. The minimum atomic E-state index is -0.208. The van der Waals surface area contributed by atoms with Crippen LogP contribution in [0.1, 0.15) is 61.8 Å². The maximum absolute atomic E-state index is 13.5. The number of rotatable bonds is 6. The van der Waals surface area contributed by atoms with Gasteiger partial charge in [0.1, 0.15) is 10.6 Å². The number of thioether (sulfide) groups is 1. The van der Waals surface area contributed by atoms with Crippen LogP contribution in [0.15, 0.2) is 20.5 Å². The van der Waals surface area contributed by atoms with E-state index in [1.54, 1.807) is 28.9 Å². The number of nitrogens with zero attached hydrogens (tertiary/aromatic N) is 3. The monoisotopic (exact) mass is 446 g/mol. The van der Waals surface area contributed by atoms with Crippen LogP contribution in [-0.4, -0.2) is 26.4 Å². The number of hydrogen-bond acceptors (Lipinski definition) is 7. The Morgan fingerprint density at radius 3 is 2.90 bits per heavy atom. The summed E-state index contributed by atoms with van der Waals surface area (Å²) in [5, 5.41) is 7.90. The van der Waals surface area contributed by atoms with E-state index >= 15 is 0 Å². The molecule has 0 aromatic carbocycles. The molecule has 1 unspecified atom stereocenters. The van der Waals surface area contributed by atoms with Crippen molar-refractivity contribution in [2.24, 2.45) is 0 Å². The second-order valence-corrected chi connectivity index (χ2v) is 9.76. The van der Waals surface area contributed by atoms with Gasteiger partial charge in [0.15, 0.2) is 11.0 Å². The van der Waals surface area contributed by atoms with E-state index in [4.69, 9.17) is 9.51 Å². The molecular weight excluding hydrogens is 420 g/mol. The van der Waals surface area contributed by atoms with Gasteiger partial charge in [-0.25, -0.2) is 4.98 Å². The van der Waals surface area contributed by atoms with Crippen molar-refractivity contribution >= 4 is 45.0 Å². The Bertz CT molecular complexity index is 1130.